The number of hydrogen-bond donors (Lipinski definition) is 1. The third-order valence-corrected chi connectivity index (χ3v) is 3.09. The number of hydrogen-bond acceptors (Lipinski definition) is 2. The van der Waals surface area contributed by atoms with Gasteiger partial charge < -0.3 is 5.73 Å². The molecule has 1 heterocycles. The second kappa shape index (κ2) is 3.22. The first kappa shape index (κ1) is 8.88. The van der Waals surface area contributed by atoms with Crippen LogP contribution in [0.15, 0.2) is 6.20 Å². The molecule has 0 aromatic carbocycles. The second-order valence-electron chi connectivity index (χ2n) is 3.89. The summed E-state index contributed by atoms with van der Waals surface area (Å²) in [6, 6.07) is 0.461. The molecule has 2 atom stereocenters. The summed E-state index contributed by atoms with van der Waals surface area (Å²) in [5.74, 6) is 1.40. The summed E-state index contributed by atoms with van der Waals surface area (Å²) < 4.78 is 1.87. The maximum absolute atomic E-state index is 5.84. The van der Waals surface area contributed by atoms with E-state index in [1.54, 1.807) is 6.20 Å². The van der Waals surface area contributed by atoms with Gasteiger partial charge in [0.1, 0.15) is 10.8 Å². The Morgan fingerprint density at radius 3 is 2.85 bits per heavy atom. The SMILES string of the molecule is CC1CCC(n2ncc(Cl)c2N)C1. The molecule has 0 saturated heterocycles. The van der Waals surface area contributed by atoms with E-state index >= 15 is 0 Å². The molecule has 72 valence electrons. The monoisotopic (exact) mass is 199 g/mol. The van der Waals surface area contributed by atoms with Gasteiger partial charge in [0.2, 0.25) is 0 Å². The molecule has 1 fully saturated rings. The molecule has 13 heavy (non-hydrogen) atoms. The van der Waals surface area contributed by atoms with Crippen molar-refractivity contribution in [3.63, 3.8) is 0 Å². The highest BCUT2D eigenvalue weighted by molar-refractivity contribution is 6.32. The molecule has 1 saturated carbocycles. The predicted molar refractivity (Wildman–Crippen MR) is 53.7 cm³/mol. The van der Waals surface area contributed by atoms with Gasteiger partial charge in [-0.15, -0.1) is 0 Å². The van der Waals surface area contributed by atoms with Crippen LogP contribution in [0.5, 0.6) is 0 Å². The standard InChI is InChI=1S/C9H14ClN3/c1-6-2-3-7(4-6)13-9(11)8(10)5-12-13/h5-7H,2-4,11H2,1H3. The Bertz CT molecular complexity index is 308. The van der Waals surface area contributed by atoms with Crippen molar-refractivity contribution in [1.29, 1.82) is 0 Å². The van der Waals surface area contributed by atoms with Crippen LogP contribution in [-0.4, -0.2) is 9.78 Å². The van der Waals surface area contributed by atoms with Crippen molar-refractivity contribution in [2.75, 3.05) is 5.73 Å². The van der Waals surface area contributed by atoms with Crippen LogP contribution in [0.2, 0.25) is 5.02 Å². The molecular weight excluding hydrogens is 186 g/mol. The Labute approximate surface area is 82.9 Å². The second-order valence-corrected chi connectivity index (χ2v) is 4.30. The summed E-state index contributed by atoms with van der Waals surface area (Å²) in [7, 11) is 0. The number of anilines is 1. The number of rotatable bonds is 1. The van der Waals surface area contributed by atoms with Crippen LogP contribution >= 0.6 is 11.6 Å². The van der Waals surface area contributed by atoms with E-state index in [1.807, 2.05) is 4.68 Å². The zero-order valence-electron chi connectivity index (χ0n) is 7.70. The van der Waals surface area contributed by atoms with Crippen molar-refractivity contribution in [2.24, 2.45) is 5.92 Å². The molecule has 2 rings (SSSR count). The molecule has 2 unspecified atom stereocenters. The summed E-state index contributed by atoms with van der Waals surface area (Å²) in [5.41, 5.74) is 5.80. The Balaban J connectivity index is 2.21. The Morgan fingerprint density at radius 1 is 1.62 bits per heavy atom. The lowest BCUT2D eigenvalue weighted by Gasteiger charge is -2.11. The van der Waals surface area contributed by atoms with Crippen LogP contribution in [0, 0.1) is 5.92 Å². The zero-order chi connectivity index (χ0) is 9.42. The molecule has 0 aliphatic heterocycles. The third-order valence-electron chi connectivity index (χ3n) is 2.80. The first-order valence-electron chi connectivity index (χ1n) is 4.67. The lowest BCUT2D eigenvalue weighted by Crippen LogP contribution is -2.10. The highest BCUT2D eigenvalue weighted by atomic mass is 35.5. The quantitative estimate of drug-likeness (QED) is 0.755. The molecule has 0 spiro atoms. The molecule has 1 aromatic rings. The van der Waals surface area contributed by atoms with Gasteiger partial charge in [-0.25, -0.2) is 4.68 Å². The maximum Gasteiger partial charge on any atom is 0.140 e. The normalized spacial score (nSPS) is 28.2. The summed E-state index contributed by atoms with van der Waals surface area (Å²) in [6.07, 6.45) is 5.23. The first-order chi connectivity index (χ1) is 6.18. The highest BCUT2D eigenvalue weighted by Gasteiger charge is 2.25. The van der Waals surface area contributed by atoms with Gasteiger partial charge >= 0.3 is 0 Å². The lowest BCUT2D eigenvalue weighted by atomic mass is 10.1. The van der Waals surface area contributed by atoms with Crippen molar-refractivity contribution < 1.29 is 0 Å². The molecular formula is C9H14ClN3. The summed E-state index contributed by atoms with van der Waals surface area (Å²) in [4.78, 5) is 0. The number of halogens is 1. The molecule has 3 nitrogen and oxygen atoms in total. The molecule has 2 N–H and O–H groups in total. The van der Waals surface area contributed by atoms with Gasteiger partial charge in [0.05, 0.1) is 12.2 Å². The van der Waals surface area contributed by atoms with Crippen LogP contribution in [0.4, 0.5) is 5.82 Å². The summed E-state index contributed by atoms with van der Waals surface area (Å²) in [5, 5.41) is 4.76. The molecule has 0 amide bonds. The maximum atomic E-state index is 5.84. The van der Waals surface area contributed by atoms with Crippen LogP contribution in [0.25, 0.3) is 0 Å². The molecule has 1 aliphatic carbocycles. The molecule has 1 aromatic heterocycles. The van der Waals surface area contributed by atoms with Crippen molar-refractivity contribution in [1.82, 2.24) is 9.78 Å². The van der Waals surface area contributed by atoms with Gasteiger partial charge in [-0.2, -0.15) is 5.10 Å². The molecule has 0 radical (unpaired) electrons. The van der Waals surface area contributed by atoms with Gasteiger partial charge in [0.15, 0.2) is 0 Å². The van der Waals surface area contributed by atoms with E-state index in [0.29, 0.717) is 16.9 Å². The van der Waals surface area contributed by atoms with Crippen molar-refractivity contribution in [3.8, 4) is 0 Å². The van der Waals surface area contributed by atoms with Crippen molar-refractivity contribution in [3.05, 3.63) is 11.2 Å². The Hall–Kier alpha value is -0.700. The Kier molecular flexibility index (Phi) is 2.20. The van der Waals surface area contributed by atoms with E-state index in [9.17, 15) is 0 Å². The zero-order valence-corrected chi connectivity index (χ0v) is 8.46. The number of nitrogens with two attached hydrogens (primary N) is 1. The van der Waals surface area contributed by atoms with Crippen LogP contribution in [-0.2, 0) is 0 Å². The van der Waals surface area contributed by atoms with E-state index in [1.165, 1.54) is 19.3 Å². The Morgan fingerprint density at radius 2 is 2.38 bits per heavy atom. The minimum atomic E-state index is 0.461. The third kappa shape index (κ3) is 1.53. The fourth-order valence-electron chi connectivity index (χ4n) is 2.04. The topological polar surface area (TPSA) is 43.8 Å². The van der Waals surface area contributed by atoms with E-state index in [4.69, 9.17) is 17.3 Å². The predicted octanol–water partition coefficient (Wildman–Crippen LogP) is 2.48. The summed E-state index contributed by atoms with van der Waals surface area (Å²) in [6.45, 7) is 2.27. The first-order valence-corrected chi connectivity index (χ1v) is 5.04. The smallest absolute Gasteiger partial charge is 0.140 e. The van der Waals surface area contributed by atoms with Crippen LogP contribution < -0.4 is 5.73 Å². The minimum absolute atomic E-state index is 0.461. The van der Waals surface area contributed by atoms with Crippen molar-refractivity contribution >= 4 is 17.4 Å². The highest BCUT2D eigenvalue weighted by Crippen LogP contribution is 2.36. The summed E-state index contributed by atoms with van der Waals surface area (Å²) >= 11 is 5.84. The van der Waals surface area contributed by atoms with E-state index in [-0.39, 0.29) is 0 Å². The average Bonchev–Trinajstić information content (AvgIpc) is 2.62. The largest absolute Gasteiger partial charge is 0.383 e. The molecule has 0 bridgehead atoms. The average molecular weight is 200 g/mol. The van der Waals surface area contributed by atoms with Gasteiger partial charge in [-0.05, 0) is 25.2 Å². The van der Waals surface area contributed by atoms with E-state index < -0.39 is 0 Å². The van der Waals surface area contributed by atoms with Crippen LogP contribution in [0.3, 0.4) is 0 Å². The van der Waals surface area contributed by atoms with Gasteiger partial charge in [-0.3, -0.25) is 0 Å². The number of nitrogens with zero attached hydrogens (tertiary/aromatic N) is 2. The fourth-order valence-corrected chi connectivity index (χ4v) is 2.17. The molecule has 4 heteroatoms. The fraction of sp³-hybridized carbons (Fsp3) is 0.667. The van der Waals surface area contributed by atoms with Crippen molar-refractivity contribution in [2.45, 2.75) is 32.2 Å². The van der Waals surface area contributed by atoms with Gasteiger partial charge in [0.25, 0.3) is 0 Å². The van der Waals surface area contributed by atoms with Gasteiger partial charge in [0, 0.05) is 0 Å². The van der Waals surface area contributed by atoms with Crippen LogP contribution in [0.1, 0.15) is 32.2 Å². The van der Waals surface area contributed by atoms with E-state index in [0.717, 1.165) is 5.92 Å². The molecule has 1 aliphatic rings. The lowest BCUT2D eigenvalue weighted by molar-refractivity contribution is 0.456. The van der Waals surface area contributed by atoms with E-state index in [2.05, 4.69) is 12.0 Å². The van der Waals surface area contributed by atoms with Gasteiger partial charge in [-0.1, -0.05) is 18.5 Å². The minimum Gasteiger partial charge on any atom is -0.383 e. The number of aromatic nitrogens is 2. The number of nitrogen functional groups attached to an aromatic ring is 1.